The molecule has 0 heterocycles. The molecular weight excluding hydrogens is 256 g/mol. The molecule has 0 radical (unpaired) electrons. The molecule has 1 rings (SSSR count). The molecule has 20 heavy (non-hydrogen) atoms. The smallest absolute Gasteiger partial charge is 0.256 e. The van der Waals surface area contributed by atoms with E-state index in [2.05, 4.69) is 12.2 Å². The standard InChI is InChI=1S/C15H24N2O3/c1-3-6-16-14-5-4-12(2)11-13(14)15(20)17(7-9-18)8-10-19/h4-5,11,16,18-19H,3,6-10H2,1-2H3. The Hall–Kier alpha value is -1.59. The number of hydrogen-bond donors (Lipinski definition) is 3. The Kier molecular flexibility index (Phi) is 7.04. The fourth-order valence-electron chi connectivity index (χ4n) is 1.98. The van der Waals surface area contributed by atoms with E-state index in [1.807, 2.05) is 25.1 Å². The van der Waals surface area contributed by atoms with Gasteiger partial charge in [-0.2, -0.15) is 0 Å². The average Bonchev–Trinajstić information content (AvgIpc) is 2.45. The van der Waals surface area contributed by atoms with Gasteiger partial charge >= 0.3 is 0 Å². The Balaban J connectivity index is 3.01. The molecule has 0 aliphatic rings. The number of aliphatic hydroxyl groups is 2. The number of nitrogens with zero attached hydrogens (tertiary/aromatic N) is 1. The Morgan fingerprint density at radius 2 is 1.90 bits per heavy atom. The van der Waals surface area contributed by atoms with Crippen molar-refractivity contribution in [1.29, 1.82) is 0 Å². The van der Waals surface area contributed by atoms with Crippen LogP contribution in [0.25, 0.3) is 0 Å². The molecule has 0 aromatic heterocycles. The number of anilines is 1. The zero-order valence-corrected chi connectivity index (χ0v) is 12.2. The van der Waals surface area contributed by atoms with E-state index in [0.29, 0.717) is 5.56 Å². The highest BCUT2D eigenvalue weighted by Crippen LogP contribution is 2.19. The largest absolute Gasteiger partial charge is 0.395 e. The number of nitrogens with one attached hydrogen (secondary N) is 1. The summed E-state index contributed by atoms with van der Waals surface area (Å²) in [5.41, 5.74) is 2.38. The van der Waals surface area contributed by atoms with Crippen LogP contribution in [0.3, 0.4) is 0 Å². The Labute approximate surface area is 120 Å². The van der Waals surface area contributed by atoms with E-state index in [-0.39, 0.29) is 32.2 Å². The summed E-state index contributed by atoms with van der Waals surface area (Å²) in [6.45, 7) is 5.00. The van der Waals surface area contributed by atoms with Crippen molar-refractivity contribution in [2.75, 3.05) is 38.2 Å². The van der Waals surface area contributed by atoms with Crippen LogP contribution in [0.15, 0.2) is 18.2 Å². The van der Waals surface area contributed by atoms with Crippen LogP contribution in [0.5, 0.6) is 0 Å². The van der Waals surface area contributed by atoms with Gasteiger partial charge in [-0.15, -0.1) is 0 Å². The van der Waals surface area contributed by atoms with E-state index in [0.717, 1.165) is 24.2 Å². The maximum absolute atomic E-state index is 12.5. The minimum Gasteiger partial charge on any atom is -0.395 e. The highest BCUT2D eigenvalue weighted by molar-refractivity contribution is 5.99. The highest BCUT2D eigenvalue weighted by Gasteiger charge is 2.18. The van der Waals surface area contributed by atoms with Crippen molar-refractivity contribution in [1.82, 2.24) is 4.90 Å². The molecule has 0 fully saturated rings. The number of benzene rings is 1. The highest BCUT2D eigenvalue weighted by atomic mass is 16.3. The summed E-state index contributed by atoms with van der Waals surface area (Å²) in [6, 6.07) is 5.69. The first-order chi connectivity index (χ1) is 9.63. The second-order valence-corrected chi connectivity index (χ2v) is 4.72. The third-order valence-corrected chi connectivity index (χ3v) is 3.00. The monoisotopic (exact) mass is 280 g/mol. The third-order valence-electron chi connectivity index (χ3n) is 3.00. The SMILES string of the molecule is CCCNc1ccc(C)cc1C(=O)N(CCO)CCO. The predicted octanol–water partition coefficient (Wildman–Crippen LogP) is 1.24. The lowest BCUT2D eigenvalue weighted by molar-refractivity contribution is 0.0685. The first kappa shape index (κ1) is 16.5. The number of carbonyl (C=O) groups excluding carboxylic acids is 1. The maximum Gasteiger partial charge on any atom is 0.256 e. The zero-order chi connectivity index (χ0) is 15.0. The summed E-state index contributed by atoms with van der Waals surface area (Å²) < 4.78 is 0. The molecular formula is C15H24N2O3. The molecule has 1 amide bonds. The van der Waals surface area contributed by atoms with Crippen molar-refractivity contribution in [3.05, 3.63) is 29.3 Å². The molecule has 3 N–H and O–H groups in total. The Bertz CT molecular complexity index is 429. The second-order valence-electron chi connectivity index (χ2n) is 4.72. The molecule has 5 heteroatoms. The van der Waals surface area contributed by atoms with Crippen LogP contribution >= 0.6 is 0 Å². The molecule has 0 aliphatic heterocycles. The van der Waals surface area contributed by atoms with Crippen molar-refractivity contribution in [2.24, 2.45) is 0 Å². The zero-order valence-electron chi connectivity index (χ0n) is 12.2. The summed E-state index contributed by atoms with van der Waals surface area (Å²) in [6.07, 6.45) is 0.971. The van der Waals surface area contributed by atoms with Crippen LogP contribution in [0.4, 0.5) is 5.69 Å². The van der Waals surface area contributed by atoms with E-state index >= 15 is 0 Å². The third kappa shape index (κ3) is 4.51. The first-order valence-corrected chi connectivity index (χ1v) is 6.99. The van der Waals surface area contributed by atoms with Crippen molar-refractivity contribution in [3.63, 3.8) is 0 Å². The van der Waals surface area contributed by atoms with E-state index in [1.165, 1.54) is 4.90 Å². The predicted molar refractivity (Wildman–Crippen MR) is 80.0 cm³/mol. The molecule has 0 atom stereocenters. The van der Waals surface area contributed by atoms with Crippen LogP contribution in [0.1, 0.15) is 29.3 Å². The summed E-state index contributed by atoms with van der Waals surface area (Å²) in [5.74, 6) is -0.171. The fourth-order valence-corrected chi connectivity index (χ4v) is 1.98. The molecule has 0 spiro atoms. The maximum atomic E-state index is 12.5. The molecule has 5 nitrogen and oxygen atoms in total. The van der Waals surface area contributed by atoms with Gasteiger partial charge < -0.3 is 20.4 Å². The quantitative estimate of drug-likeness (QED) is 0.670. The molecule has 112 valence electrons. The first-order valence-electron chi connectivity index (χ1n) is 6.99. The number of aliphatic hydroxyl groups excluding tert-OH is 2. The van der Waals surface area contributed by atoms with Gasteiger partial charge in [0.25, 0.3) is 5.91 Å². The van der Waals surface area contributed by atoms with Gasteiger partial charge in [-0.1, -0.05) is 18.6 Å². The lowest BCUT2D eigenvalue weighted by Gasteiger charge is -2.22. The Morgan fingerprint density at radius 3 is 2.45 bits per heavy atom. The number of aryl methyl sites for hydroxylation is 1. The number of carbonyl (C=O) groups is 1. The molecule has 0 bridgehead atoms. The van der Waals surface area contributed by atoms with Gasteiger partial charge in [-0.25, -0.2) is 0 Å². The van der Waals surface area contributed by atoms with Gasteiger partial charge in [0.1, 0.15) is 0 Å². The number of rotatable bonds is 8. The second kappa shape index (κ2) is 8.55. The Morgan fingerprint density at radius 1 is 1.25 bits per heavy atom. The van der Waals surface area contributed by atoms with E-state index in [1.54, 1.807) is 0 Å². The lowest BCUT2D eigenvalue weighted by atomic mass is 10.1. The molecule has 0 saturated carbocycles. The topological polar surface area (TPSA) is 72.8 Å². The van der Waals surface area contributed by atoms with Crippen LogP contribution < -0.4 is 5.32 Å². The van der Waals surface area contributed by atoms with Gasteiger partial charge in [0.2, 0.25) is 0 Å². The molecule has 0 saturated heterocycles. The van der Waals surface area contributed by atoms with Crippen molar-refractivity contribution in [3.8, 4) is 0 Å². The van der Waals surface area contributed by atoms with E-state index in [4.69, 9.17) is 10.2 Å². The van der Waals surface area contributed by atoms with E-state index < -0.39 is 0 Å². The van der Waals surface area contributed by atoms with Crippen LogP contribution in [0.2, 0.25) is 0 Å². The fraction of sp³-hybridized carbons (Fsp3) is 0.533. The normalized spacial score (nSPS) is 10.4. The minimum atomic E-state index is -0.171. The average molecular weight is 280 g/mol. The van der Waals surface area contributed by atoms with Crippen molar-refractivity contribution < 1.29 is 15.0 Å². The summed E-state index contributed by atoms with van der Waals surface area (Å²) in [7, 11) is 0. The summed E-state index contributed by atoms with van der Waals surface area (Å²) >= 11 is 0. The molecule has 0 unspecified atom stereocenters. The molecule has 0 aliphatic carbocycles. The van der Waals surface area contributed by atoms with Gasteiger partial charge in [-0.05, 0) is 25.5 Å². The number of hydrogen-bond acceptors (Lipinski definition) is 4. The van der Waals surface area contributed by atoms with Crippen LogP contribution in [-0.4, -0.2) is 53.9 Å². The summed E-state index contributed by atoms with van der Waals surface area (Å²) in [4.78, 5) is 14.0. The minimum absolute atomic E-state index is 0.116. The van der Waals surface area contributed by atoms with Gasteiger partial charge in [-0.3, -0.25) is 4.79 Å². The van der Waals surface area contributed by atoms with Gasteiger partial charge in [0.05, 0.1) is 18.8 Å². The van der Waals surface area contributed by atoms with Crippen molar-refractivity contribution in [2.45, 2.75) is 20.3 Å². The van der Waals surface area contributed by atoms with Gasteiger partial charge in [0.15, 0.2) is 0 Å². The molecule has 1 aromatic rings. The van der Waals surface area contributed by atoms with Crippen molar-refractivity contribution >= 4 is 11.6 Å². The van der Waals surface area contributed by atoms with E-state index in [9.17, 15) is 4.79 Å². The molecule has 1 aromatic carbocycles. The summed E-state index contributed by atoms with van der Waals surface area (Å²) in [5, 5.41) is 21.3. The van der Waals surface area contributed by atoms with Gasteiger partial charge in [0, 0.05) is 25.3 Å². The van der Waals surface area contributed by atoms with Crippen LogP contribution in [-0.2, 0) is 0 Å². The number of amides is 1. The lowest BCUT2D eigenvalue weighted by Crippen LogP contribution is -2.36. The van der Waals surface area contributed by atoms with Crippen LogP contribution in [0, 0.1) is 6.92 Å².